The minimum Gasteiger partial charge on any atom is -0.459 e. The maximum Gasteiger partial charge on any atom is 0.411 e. The molecule has 0 saturated carbocycles. The summed E-state index contributed by atoms with van der Waals surface area (Å²) in [5.74, 6) is -1.19. The summed E-state index contributed by atoms with van der Waals surface area (Å²) in [5.41, 5.74) is 0.510. The lowest BCUT2D eigenvalue weighted by Gasteiger charge is -2.10. The summed E-state index contributed by atoms with van der Waals surface area (Å²) in [6.07, 6.45) is -3.16. The molecule has 2 amide bonds. The molecule has 10 heteroatoms. The number of carbonyl (C=O) groups is 2. The van der Waals surface area contributed by atoms with E-state index in [1.54, 1.807) is 6.07 Å². The van der Waals surface area contributed by atoms with Gasteiger partial charge in [-0.25, -0.2) is 0 Å². The Hall–Kier alpha value is -2.52. The molecular weight excluding hydrogens is 365 g/mol. The van der Waals surface area contributed by atoms with E-state index in [1.807, 2.05) is 0 Å². The summed E-state index contributed by atoms with van der Waals surface area (Å²) in [7, 11) is 0. The fourth-order valence-electron chi connectivity index (χ4n) is 1.74. The summed E-state index contributed by atoms with van der Waals surface area (Å²) >= 11 is 6.01. The quantitative estimate of drug-likeness (QED) is 0.805. The van der Waals surface area contributed by atoms with Crippen LogP contribution in [0.5, 0.6) is 0 Å². The lowest BCUT2D eigenvalue weighted by Crippen LogP contribution is -2.24. The lowest BCUT2D eigenvalue weighted by molar-refractivity contribution is -0.174. The van der Waals surface area contributed by atoms with Crippen LogP contribution in [0.4, 0.5) is 24.5 Å². The third kappa shape index (κ3) is 6.12. The van der Waals surface area contributed by atoms with Crippen LogP contribution in [-0.4, -0.2) is 31.2 Å². The van der Waals surface area contributed by atoms with Crippen LogP contribution in [0.3, 0.4) is 0 Å². The summed E-state index contributed by atoms with van der Waals surface area (Å²) in [6.45, 7) is -2.27. The average molecular weight is 377 g/mol. The van der Waals surface area contributed by atoms with Crippen LogP contribution in [0.2, 0.25) is 5.02 Å². The van der Waals surface area contributed by atoms with Crippen molar-refractivity contribution in [2.75, 3.05) is 23.8 Å². The van der Waals surface area contributed by atoms with E-state index in [0.29, 0.717) is 0 Å². The number of alkyl halides is 3. The Kier molecular flexibility index (Phi) is 6.05. The number of amides is 2. The maximum absolute atomic E-state index is 11.9. The molecule has 0 spiro atoms. The van der Waals surface area contributed by atoms with E-state index in [4.69, 9.17) is 16.0 Å². The Labute approximate surface area is 144 Å². The van der Waals surface area contributed by atoms with Crippen LogP contribution in [0, 0.1) is 0 Å². The van der Waals surface area contributed by atoms with Gasteiger partial charge in [0.15, 0.2) is 5.76 Å². The first-order valence-electron chi connectivity index (χ1n) is 6.83. The summed E-state index contributed by atoms with van der Waals surface area (Å²) in [6, 6.07) is 7.20. The van der Waals surface area contributed by atoms with Gasteiger partial charge in [0.2, 0.25) is 5.91 Å². The molecule has 2 aromatic rings. The predicted molar refractivity (Wildman–Crippen MR) is 83.6 cm³/mol. The minimum absolute atomic E-state index is 0.0928. The predicted octanol–water partition coefficient (Wildman–Crippen LogP) is 3.70. The van der Waals surface area contributed by atoms with E-state index in [1.165, 1.54) is 30.5 Å². The zero-order valence-corrected chi connectivity index (χ0v) is 13.3. The van der Waals surface area contributed by atoms with Crippen LogP contribution in [0.15, 0.2) is 41.0 Å². The molecule has 1 aromatic carbocycles. The van der Waals surface area contributed by atoms with Gasteiger partial charge in [0.05, 0.1) is 17.0 Å². The largest absolute Gasteiger partial charge is 0.459 e. The van der Waals surface area contributed by atoms with Crippen LogP contribution in [-0.2, 0) is 9.53 Å². The monoisotopic (exact) mass is 376 g/mol. The third-order valence-corrected chi connectivity index (χ3v) is 3.06. The van der Waals surface area contributed by atoms with Gasteiger partial charge in [-0.05, 0) is 30.3 Å². The van der Waals surface area contributed by atoms with E-state index in [-0.39, 0.29) is 22.2 Å². The van der Waals surface area contributed by atoms with Crippen molar-refractivity contribution in [2.45, 2.75) is 6.18 Å². The molecule has 0 unspecified atom stereocenters. The number of furan rings is 1. The number of benzene rings is 1. The van der Waals surface area contributed by atoms with Crippen molar-refractivity contribution in [1.29, 1.82) is 0 Å². The molecule has 6 nitrogen and oxygen atoms in total. The Bertz CT molecular complexity index is 748. The zero-order valence-electron chi connectivity index (χ0n) is 12.5. The van der Waals surface area contributed by atoms with E-state index < -0.39 is 31.2 Å². The molecule has 134 valence electrons. The van der Waals surface area contributed by atoms with Crippen molar-refractivity contribution in [3.63, 3.8) is 0 Å². The molecule has 1 heterocycles. The Balaban J connectivity index is 1.90. The van der Waals surface area contributed by atoms with E-state index >= 15 is 0 Å². The Morgan fingerprint density at radius 3 is 2.56 bits per heavy atom. The first-order valence-corrected chi connectivity index (χ1v) is 7.21. The van der Waals surface area contributed by atoms with Crippen molar-refractivity contribution >= 4 is 34.8 Å². The van der Waals surface area contributed by atoms with Gasteiger partial charge in [-0.2, -0.15) is 13.2 Å². The smallest absolute Gasteiger partial charge is 0.411 e. The van der Waals surface area contributed by atoms with E-state index in [0.717, 1.165) is 0 Å². The molecule has 2 rings (SSSR count). The highest BCUT2D eigenvalue weighted by Crippen LogP contribution is 2.26. The van der Waals surface area contributed by atoms with Crippen molar-refractivity contribution in [1.82, 2.24) is 0 Å². The zero-order chi connectivity index (χ0) is 18.4. The molecular formula is C15H12ClF3N2O4. The van der Waals surface area contributed by atoms with Gasteiger partial charge in [-0.3, -0.25) is 9.59 Å². The second-order valence-electron chi connectivity index (χ2n) is 4.78. The molecule has 0 aliphatic rings. The molecule has 0 radical (unpaired) electrons. The summed E-state index contributed by atoms with van der Waals surface area (Å²) in [4.78, 5) is 23.3. The van der Waals surface area contributed by atoms with Gasteiger partial charge < -0.3 is 19.8 Å². The number of hydrogen-bond donors (Lipinski definition) is 2. The van der Waals surface area contributed by atoms with Crippen molar-refractivity contribution in [3.8, 4) is 0 Å². The molecule has 0 bridgehead atoms. The van der Waals surface area contributed by atoms with Gasteiger partial charge in [-0.15, -0.1) is 0 Å². The first-order chi connectivity index (χ1) is 11.7. The summed E-state index contributed by atoms with van der Waals surface area (Å²) < 4.78 is 44.9. The van der Waals surface area contributed by atoms with Gasteiger partial charge in [-0.1, -0.05) is 11.6 Å². The molecule has 0 fully saturated rings. The minimum atomic E-state index is -4.50. The van der Waals surface area contributed by atoms with Crippen LogP contribution in [0.25, 0.3) is 0 Å². The van der Waals surface area contributed by atoms with Crippen molar-refractivity contribution < 1.29 is 31.9 Å². The van der Waals surface area contributed by atoms with E-state index in [9.17, 15) is 22.8 Å². The van der Waals surface area contributed by atoms with Gasteiger partial charge >= 0.3 is 6.18 Å². The van der Waals surface area contributed by atoms with Gasteiger partial charge in [0, 0.05) is 5.69 Å². The van der Waals surface area contributed by atoms with Crippen LogP contribution in [0.1, 0.15) is 10.6 Å². The fourth-order valence-corrected chi connectivity index (χ4v) is 1.97. The molecule has 0 atom stereocenters. The third-order valence-electron chi connectivity index (χ3n) is 2.74. The Morgan fingerprint density at radius 2 is 1.96 bits per heavy atom. The number of nitrogens with one attached hydrogen (secondary N) is 2. The van der Waals surface area contributed by atoms with Crippen molar-refractivity contribution in [3.05, 3.63) is 47.4 Å². The first kappa shape index (κ1) is 18.8. The van der Waals surface area contributed by atoms with Crippen molar-refractivity contribution in [2.24, 2.45) is 0 Å². The molecule has 25 heavy (non-hydrogen) atoms. The normalized spacial score (nSPS) is 11.2. The Morgan fingerprint density at radius 1 is 1.20 bits per heavy atom. The number of hydrogen-bond acceptors (Lipinski definition) is 4. The second-order valence-corrected chi connectivity index (χ2v) is 5.19. The lowest BCUT2D eigenvalue weighted by atomic mass is 10.2. The number of ether oxygens (including phenoxy) is 1. The number of carbonyl (C=O) groups excluding carboxylic acids is 2. The maximum atomic E-state index is 11.9. The average Bonchev–Trinajstić information content (AvgIpc) is 3.03. The van der Waals surface area contributed by atoms with Gasteiger partial charge in [0.25, 0.3) is 5.91 Å². The SMILES string of the molecule is O=C(COCC(F)(F)F)Nc1ccc(NC(=O)c2ccco2)c(Cl)c1. The highest BCUT2D eigenvalue weighted by atomic mass is 35.5. The molecule has 0 aliphatic heterocycles. The number of halogens is 4. The highest BCUT2D eigenvalue weighted by molar-refractivity contribution is 6.34. The standard InChI is InChI=1S/C15H12ClF3N2O4/c16-10-6-9(20-13(22)7-24-8-15(17,18)19)3-4-11(10)21-14(23)12-2-1-5-25-12/h1-6H,7-8H2,(H,20,22)(H,21,23). The van der Waals surface area contributed by atoms with Crippen LogP contribution >= 0.6 is 11.6 Å². The summed E-state index contributed by atoms with van der Waals surface area (Å²) in [5, 5.41) is 4.97. The van der Waals surface area contributed by atoms with Gasteiger partial charge in [0.1, 0.15) is 13.2 Å². The molecule has 0 saturated heterocycles. The topological polar surface area (TPSA) is 80.6 Å². The number of anilines is 2. The highest BCUT2D eigenvalue weighted by Gasteiger charge is 2.27. The number of rotatable bonds is 6. The molecule has 1 aromatic heterocycles. The van der Waals surface area contributed by atoms with Crippen LogP contribution < -0.4 is 10.6 Å². The fraction of sp³-hybridized carbons (Fsp3) is 0.200. The molecule has 2 N–H and O–H groups in total. The second kappa shape index (κ2) is 8.04. The van der Waals surface area contributed by atoms with E-state index in [2.05, 4.69) is 15.4 Å². The molecule has 0 aliphatic carbocycles.